The summed E-state index contributed by atoms with van der Waals surface area (Å²) in [6.45, 7) is 4.03. The Morgan fingerprint density at radius 3 is 2.77 bits per heavy atom. The molecule has 1 aromatic heterocycles. The van der Waals surface area contributed by atoms with Crippen molar-refractivity contribution >= 4 is 23.4 Å². The Labute approximate surface area is 160 Å². The van der Waals surface area contributed by atoms with Crippen LogP contribution in [0.15, 0.2) is 23.4 Å². The smallest absolute Gasteiger partial charge is 0.234 e. The molecule has 1 aliphatic carbocycles. The van der Waals surface area contributed by atoms with E-state index in [1.807, 2.05) is 43.7 Å². The highest BCUT2D eigenvalue weighted by Crippen LogP contribution is 2.27. The molecule has 0 bridgehead atoms. The van der Waals surface area contributed by atoms with Crippen molar-refractivity contribution in [1.82, 2.24) is 14.8 Å². The Morgan fingerprint density at radius 1 is 1.23 bits per heavy atom. The molecule has 0 atom stereocenters. The van der Waals surface area contributed by atoms with Gasteiger partial charge in [-0.05, 0) is 37.0 Å². The topological polar surface area (TPSA) is 59.8 Å². The highest BCUT2D eigenvalue weighted by molar-refractivity contribution is 7.99. The molecule has 1 saturated carbocycles. The van der Waals surface area contributed by atoms with Crippen LogP contribution in [0.1, 0.15) is 49.1 Å². The van der Waals surface area contributed by atoms with Crippen molar-refractivity contribution in [3.05, 3.63) is 35.2 Å². The van der Waals surface area contributed by atoms with Gasteiger partial charge < -0.3 is 9.88 Å². The van der Waals surface area contributed by atoms with Gasteiger partial charge in [-0.1, -0.05) is 56.0 Å². The van der Waals surface area contributed by atoms with Gasteiger partial charge in [0.2, 0.25) is 5.91 Å². The highest BCUT2D eigenvalue weighted by atomic mass is 32.2. The number of hydrogen-bond donors (Lipinski definition) is 1. The second-order valence-electron chi connectivity index (χ2n) is 7.32. The summed E-state index contributed by atoms with van der Waals surface area (Å²) in [6.07, 6.45) is 7.64. The van der Waals surface area contributed by atoms with Crippen molar-refractivity contribution in [2.24, 2.45) is 13.0 Å². The number of carbonyl (C=O) groups is 1. The molecular weight excluding hydrogens is 344 g/mol. The lowest BCUT2D eigenvalue weighted by Gasteiger charge is -2.20. The third-order valence-electron chi connectivity index (χ3n) is 5.12. The van der Waals surface area contributed by atoms with Gasteiger partial charge >= 0.3 is 0 Å². The Balaban J connectivity index is 1.54. The zero-order valence-corrected chi connectivity index (χ0v) is 16.7. The van der Waals surface area contributed by atoms with E-state index in [9.17, 15) is 4.79 Å². The van der Waals surface area contributed by atoms with Crippen LogP contribution in [0, 0.1) is 19.8 Å². The number of nitrogens with one attached hydrogen (secondary N) is 1. The quantitative estimate of drug-likeness (QED) is 0.769. The van der Waals surface area contributed by atoms with Gasteiger partial charge in [0.1, 0.15) is 5.82 Å². The standard InChI is InChI=1S/C20H28N4OS/c1-14-9-10-15(2)17(11-14)21-19(25)13-26-20-23-22-18(24(20)3)12-16-7-5-4-6-8-16/h9-11,16H,4-8,12-13H2,1-3H3,(H,21,25). The molecule has 1 amide bonds. The van der Waals surface area contributed by atoms with Gasteiger partial charge in [-0.15, -0.1) is 10.2 Å². The molecule has 0 spiro atoms. The number of nitrogens with zero attached hydrogens (tertiary/aromatic N) is 3. The fraction of sp³-hybridized carbons (Fsp3) is 0.550. The third kappa shape index (κ3) is 4.87. The van der Waals surface area contributed by atoms with E-state index in [0.717, 1.165) is 40.1 Å². The van der Waals surface area contributed by atoms with Gasteiger partial charge in [-0.25, -0.2) is 0 Å². The summed E-state index contributed by atoms with van der Waals surface area (Å²) < 4.78 is 2.05. The second kappa shape index (κ2) is 8.71. The second-order valence-corrected chi connectivity index (χ2v) is 8.26. The predicted molar refractivity (Wildman–Crippen MR) is 107 cm³/mol. The largest absolute Gasteiger partial charge is 0.325 e. The first kappa shape index (κ1) is 19.0. The molecule has 0 saturated heterocycles. The van der Waals surface area contributed by atoms with Crippen molar-refractivity contribution in [3.63, 3.8) is 0 Å². The van der Waals surface area contributed by atoms with E-state index >= 15 is 0 Å². The molecule has 140 valence electrons. The molecule has 1 heterocycles. The van der Waals surface area contributed by atoms with Crippen LogP contribution in [0.4, 0.5) is 5.69 Å². The van der Waals surface area contributed by atoms with E-state index < -0.39 is 0 Å². The summed E-state index contributed by atoms with van der Waals surface area (Å²) in [7, 11) is 2.00. The first-order chi connectivity index (χ1) is 12.5. The molecule has 1 fully saturated rings. The van der Waals surface area contributed by atoms with Gasteiger partial charge in [0.05, 0.1) is 5.75 Å². The Hall–Kier alpha value is -1.82. The molecule has 0 unspecified atom stereocenters. The number of amides is 1. The van der Waals surface area contributed by atoms with Crippen LogP contribution in [0.2, 0.25) is 0 Å². The van der Waals surface area contributed by atoms with Crippen LogP contribution < -0.4 is 5.32 Å². The van der Waals surface area contributed by atoms with Gasteiger partial charge in [0, 0.05) is 19.2 Å². The lowest BCUT2D eigenvalue weighted by Crippen LogP contribution is -2.15. The van der Waals surface area contributed by atoms with Crippen molar-refractivity contribution in [3.8, 4) is 0 Å². The number of aryl methyl sites for hydroxylation is 2. The maximum absolute atomic E-state index is 12.3. The van der Waals surface area contributed by atoms with E-state index in [1.165, 1.54) is 43.9 Å². The number of thioether (sulfide) groups is 1. The monoisotopic (exact) mass is 372 g/mol. The number of aromatic nitrogens is 3. The first-order valence-electron chi connectivity index (χ1n) is 9.41. The minimum Gasteiger partial charge on any atom is -0.325 e. The van der Waals surface area contributed by atoms with Crippen molar-refractivity contribution in [1.29, 1.82) is 0 Å². The summed E-state index contributed by atoms with van der Waals surface area (Å²) >= 11 is 1.44. The molecule has 0 radical (unpaired) electrons. The molecule has 3 rings (SSSR count). The first-order valence-corrected chi connectivity index (χ1v) is 10.4. The van der Waals surface area contributed by atoms with E-state index in [0.29, 0.717) is 5.75 Å². The molecule has 1 N–H and O–H groups in total. The van der Waals surface area contributed by atoms with Crippen molar-refractivity contribution in [2.75, 3.05) is 11.1 Å². The average Bonchev–Trinajstić information content (AvgIpc) is 2.97. The number of rotatable bonds is 6. The van der Waals surface area contributed by atoms with Gasteiger partial charge in [0.25, 0.3) is 0 Å². The molecule has 2 aromatic rings. The normalized spacial score (nSPS) is 15.2. The minimum atomic E-state index is -0.0134. The SMILES string of the molecule is Cc1ccc(C)c(NC(=O)CSc2nnc(CC3CCCCC3)n2C)c1. The lowest BCUT2D eigenvalue weighted by molar-refractivity contribution is -0.113. The van der Waals surface area contributed by atoms with Crippen LogP contribution >= 0.6 is 11.8 Å². The average molecular weight is 373 g/mol. The molecular formula is C20H28N4OS. The molecule has 5 nitrogen and oxygen atoms in total. The molecule has 1 aliphatic rings. The van der Waals surface area contributed by atoms with Gasteiger partial charge in [-0.2, -0.15) is 0 Å². The summed E-state index contributed by atoms with van der Waals surface area (Å²) in [6, 6.07) is 6.08. The molecule has 26 heavy (non-hydrogen) atoms. The molecule has 0 aliphatic heterocycles. The maximum Gasteiger partial charge on any atom is 0.234 e. The Kier molecular flexibility index (Phi) is 6.35. The molecule has 1 aromatic carbocycles. The van der Waals surface area contributed by atoms with Crippen LogP contribution in [-0.2, 0) is 18.3 Å². The number of anilines is 1. The van der Waals surface area contributed by atoms with Gasteiger partial charge in [-0.3, -0.25) is 4.79 Å². The van der Waals surface area contributed by atoms with Crippen molar-refractivity contribution in [2.45, 2.75) is 57.5 Å². The Bertz CT molecular complexity index is 765. The number of hydrogen-bond acceptors (Lipinski definition) is 4. The summed E-state index contributed by atoms with van der Waals surface area (Å²) in [5, 5.41) is 12.5. The van der Waals surface area contributed by atoms with E-state index in [1.54, 1.807) is 0 Å². The van der Waals surface area contributed by atoms with E-state index in [-0.39, 0.29) is 5.91 Å². The van der Waals surface area contributed by atoms with Gasteiger partial charge in [0.15, 0.2) is 5.16 Å². The highest BCUT2D eigenvalue weighted by Gasteiger charge is 2.18. The zero-order chi connectivity index (χ0) is 18.5. The third-order valence-corrected chi connectivity index (χ3v) is 6.14. The maximum atomic E-state index is 12.3. The van der Waals surface area contributed by atoms with Crippen LogP contribution in [0.3, 0.4) is 0 Å². The number of benzene rings is 1. The summed E-state index contributed by atoms with van der Waals surface area (Å²) in [5.41, 5.74) is 3.09. The lowest BCUT2D eigenvalue weighted by atomic mass is 9.87. The zero-order valence-electron chi connectivity index (χ0n) is 15.9. The van der Waals surface area contributed by atoms with E-state index in [4.69, 9.17) is 0 Å². The summed E-state index contributed by atoms with van der Waals surface area (Å²) in [4.78, 5) is 12.3. The minimum absolute atomic E-state index is 0.0134. The number of carbonyl (C=O) groups excluding carboxylic acids is 1. The Morgan fingerprint density at radius 2 is 2.00 bits per heavy atom. The van der Waals surface area contributed by atoms with Crippen LogP contribution in [0.25, 0.3) is 0 Å². The van der Waals surface area contributed by atoms with Crippen LogP contribution in [-0.4, -0.2) is 26.4 Å². The van der Waals surface area contributed by atoms with Crippen LogP contribution in [0.5, 0.6) is 0 Å². The molecule has 6 heteroatoms. The van der Waals surface area contributed by atoms with E-state index in [2.05, 4.69) is 15.5 Å². The fourth-order valence-electron chi connectivity index (χ4n) is 3.48. The fourth-order valence-corrected chi connectivity index (χ4v) is 4.21. The predicted octanol–water partition coefficient (Wildman–Crippen LogP) is 4.29. The summed E-state index contributed by atoms with van der Waals surface area (Å²) in [5.74, 6) is 2.09. The van der Waals surface area contributed by atoms with Crippen molar-refractivity contribution < 1.29 is 4.79 Å².